The molecule has 0 atom stereocenters. The van der Waals surface area contributed by atoms with E-state index in [1.165, 1.54) is 5.56 Å². The van der Waals surface area contributed by atoms with E-state index >= 15 is 0 Å². The van der Waals surface area contributed by atoms with E-state index in [0.29, 0.717) is 46.2 Å². The molecule has 0 amide bonds. The van der Waals surface area contributed by atoms with Crippen molar-refractivity contribution in [2.75, 3.05) is 66.9 Å². The first-order chi connectivity index (χ1) is 10.8. The number of rotatable bonds is 14. The molecular weight excluding hydrogens is 282 g/mol. The topological polar surface area (TPSA) is 40.2 Å². The number of hydrogen-bond acceptors (Lipinski definition) is 5. The summed E-state index contributed by atoms with van der Waals surface area (Å²) >= 11 is 0. The molecule has 126 valence electrons. The highest BCUT2D eigenvalue weighted by molar-refractivity contribution is 5.13. The van der Waals surface area contributed by atoms with Crippen LogP contribution in [0.25, 0.3) is 0 Å². The Kier molecular flexibility index (Phi) is 11.8. The number of ether oxygens (including phenoxy) is 4. The fourth-order valence-corrected chi connectivity index (χ4v) is 1.67. The minimum Gasteiger partial charge on any atom is -0.378 e. The van der Waals surface area contributed by atoms with Crippen LogP contribution < -0.4 is 0 Å². The van der Waals surface area contributed by atoms with Crippen LogP contribution in [-0.2, 0) is 25.6 Å². The smallest absolute Gasteiger partial charge is 0.0718 e. The summed E-state index contributed by atoms with van der Waals surface area (Å²) in [6.07, 6.45) is 0. The van der Waals surface area contributed by atoms with E-state index < -0.39 is 0 Å². The SMILES string of the molecule is CN(C)CCOCCOCCOCCOCc1ccccc1. The minimum atomic E-state index is 0.590. The monoisotopic (exact) mass is 311 g/mol. The summed E-state index contributed by atoms with van der Waals surface area (Å²) < 4.78 is 21.8. The second kappa shape index (κ2) is 13.7. The Hall–Kier alpha value is -0.980. The average molecular weight is 311 g/mol. The fourth-order valence-electron chi connectivity index (χ4n) is 1.67. The molecule has 0 saturated carbocycles. The fraction of sp³-hybridized carbons (Fsp3) is 0.647. The van der Waals surface area contributed by atoms with Crippen LogP contribution in [0.5, 0.6) is 0 Å². The van der Waals surface area contributed by atoms with Gasteiger partial charge in [0.05, 0.1) is 52.9 Å². The maximum Gasteiger partial charge on any atom is 0.0718 e. The van der Waals surface area contributed by atoms with Crippen molar-refractivity contribution >= 4 is 0 Å². The third-order valence-electron chi connectivity index (χ3n) is 2.91. The Morgan fingerprint density at radius 2 is 1.18 bits per heavy atom. The van der Waals surface area contributed by atoms with Gasteiger partial charge in [-0.05, 0) is 19.7 Å². The van der Waals surface area contributed by atoms with Gasteiger partial charge in [-0.2, -0.15) is 0 Å². The van der Waals surface area contributed by atoms with Gasteiger partial charge in [-0.25, -0.2) is 0 Å². The molecule has 0 aliphatic carbocycles. The predicted molar refractivity (Wildman–Crippen MR) is 87.1 cm³/mol. The van der Waals surface area contributed by atoms with Gasteiger partial charge in [0, 0.05) is 6.54 Å². The lowest BCUT2D eigenvalue weighted by molar-refractivity contribution is -0.00510. The van der Waals surface area contributed by atoms with E-state index in [0.717, 1.165) is 13.2 Å². The quantitative estimate of drug-likeness (QED) is 0.490. The van der Waals surface area contributed by atoms with Crippen molar-refractivity contribution in [1.29, 1.82) is 0 Å². The summed E-state index contributed by atoms with van der Waals surface area (Å²) in [7, 11) is 4.06. The van der Waals surface area contributed by atoms with Crippen molar-refractivity contribution in [1.82, 2.24) is 4.90 Å². The van der Waals surface area contributed by atoms with E-state index in [2.05, 4.69) is 17.0 Å². The van der Waals surface area contributed by atoms with Gasteiger partial charge in [0.25, 0.3) is 0 Å². The van der Waals surface area contributed by atoms with Gasteiger partial charge in [-0.1, -0.05) is 30.3 Å². The van der Waals surface area contributed by atoms with Gasteiger partial charge < -0.3 is 23.8 Å². The number of benzene rings is 1. The lowest BCUT2D eigenvalue weighted by Gasteiger charge is -2.10. The van der Waals surface area contributed by atoms with Crippen molar-refractivity contribution in [3.8, 4) is 0 Å². The first kappa shape index (κ1) is 19.1. The van der Waals surface area contributed by atoms with E-state index in [1.54, 1.807) is 0 Å². The second-order valence-electron chi connectivity index (χ2n) is 5.18. The Labute approximate surface area is 134 Å². The maximum atomic E-state index is 5.52. The first-order valence-electron chi connectivity index (χ1n) is 7.78. The van der Waals surface area contributed by atoms with Crippen LogP contribution in [0.4, 0.5) is 0 Å². The highest BCUT2D eigenvalue weighted by Crippen LogP contribution is 1.99. The van der Waals surface area contributed by atoms with E-state index in [-0.39, 0.29) is 0 Å². The highest BCUT2D eigenvalue weighted by atomic mass is 16.6. The molecule has 0 heterocycles. The predicted octanol–water partition coefficient (Wildman–Crippen LogP) is 1.81. The van der Waals surface area contributed by atoms with Crippen LogP contribution in [-0.4, -0.2) is 71.8 Å². The molecular formula is C17H29NO4. The molecule has 0 bridgehead atoms. The largest absolute Gasteiger partial charge is 0.378 e. The second-order valence-corrected chi connectivity index (χ2v) is 5.18. The van der Waals surface area contributed by atoms with E-state index in [9.17, 15) is 0 Å². The molecule has 0 saturated heterocycles. The molecule has 1 aromatic carbocycles. The van der Waals surface area contributed by atoms with Crippen molar-refractivity contribution in [2.45, 2.75) is 6.61 Å². The molecule has 5 heteroatoms. The lowest BCUT2D eigenvalue weighted by Crippen LogP contribution is -2.19. The molecule has 0 aliphatic heterocycles. The molecule has 5 nitrogen and oxygen atoms in total. The summed E-state index contributed by atoms with van der Waals surface area (Å²) in [5, 5.41) is 0. The Morgan fingerprint density at radius 1 is 0.682 bits per heavy atom. The average Bonchev–Trinajstić information content (AvgIpc) is 2.52. The van der Waals surface area contributed by atoms with E-state index in [4.69, 9.17) is 18.9 Å². The summed E-state index contributed by atoms with van der Waals surface area (Å²) in [5.41, 5.74) is 1.18. The van der Waals surface area contributed by atoms with Crippen LogP contribution in [0.1, 0.15) is 5.56 Å². The van der Waals surface area contributed by atoms with Gasteiger partial charge in [0.2, 0.25) is 0 Å². The Balaban J connectivity index is 1.75. The summed E-state index contributed by atoms with van der Waals surface area (Å²) in [5.74, 6) is 0. The minimum absolute atomic E-state index is 0.590. The van der Waals surface area contributed by atoms with Crippen molar-refractivity contribution in [2.24, 2.45) is 0 Å². The van der Waals surface area contributed by atoms with Crippen molar-refractivity contribution in [3.63, 3.8) is 0 Å². The summed E-state index contributed by atoms with van der Waals surface area (Å²) in [6, 6.07) is 10.1. The normalized spacial score (nSPS) is 11.2. The molecule has 0 spiro atoms. The van der Waals surface area contributed by atoms with Crippen LogP contribution in [0.3, 0.4) is 0 Å². The van der Waals surface area contributed by atoms with E-state index in [1.807, 2.05) is 32.3 Å². The molecule has 0 N–H and O–H groups in total. The molecule has 0 unspecified atom stereocenters. The zero-order chi connectivity index (χ0) is 15.9. The Morgan fingerprint density at radius 3 is 1.73 bits per heavy atom. The van der Waals surface area contributed by atoms with Crippen LogP contribution in [0, 0.1) is 0 Å². The number of likely N-dealkylation sites (N-methyl/N-ethyl adjacent to an activating group) is 1. The number of nitrogens with zero attached hydrogens (tertiary/aromatic N) is 1. The molecule has 1 rings (SSSR count). The zero-order valence-corrected chi connectivity index (χ0v) is 13.8. The maximum absolute atomic E-state index is 5.52. The molecule has 0 fully saturated rings. The molecule has 22 heavy (non-hydrogen) atoms. The van der Waals surface area contributed by atoms with Gasteiger partial charge >= 0.3 is 0 Å². The number of hydrogen-bond donors (Lipinski definition) is 0. The van der Waals surface area contributed by atoms with Crippen LogP contribution >= 0.6 is 0 Å². The highest BCUT2D eigenvalue weighted by Gasteiger charge is 1.94. The molecule has 0 radical (unpaired) electrons. The third kappa shape index (κ3) is 11.7. The molecule has 0 aliphatic rings. The van der Waals surface area contributed by atoms with Gasteiger partial charge in [-0.15, -0.1) is 0 Å². The summed E-state index contributed by atoms with van der Waals surface area (Å²) in [4.78, 5) is 2.09. The lowest BCUT2D eigenvalue weighted by atomic mass is 10.2. The third-order valence-corrected chi connectivity index (χ3v) is 2.91. The molecule has 0 aromatic heterocycles. The van der Waals surface area contributed by atoms with Gasteiger partial charge in [0.15, 0.2) is 0 Å². The molecule has 1 aromatic rings. The van der Waals surface area contributed by atoms with Crippen LogP contribution in [0.2, 0.25) is 0 Å². The van der Waals surface area contributed by atoms with Crippen molar-refractivity contribution in [3.05, 3.63) is 35.9 Å². The van der Waals surface area contributed by atoms with Gasteiger partial charge in [0.1, 0.15) is 0 Å². The van der Waals surface area contributed by atoms with Gasteiger partial charge in [-0.3, -0.25) is 0 Å². The van der Waals surface area contributed by atoms with Crippen molar-refractivity contribution < 1.29 is 18.9 Å². The first-order valence-corrected chi connectivity index (χ1v) is 7.78. The zero-order valence-electron chi connectivity index (χ0n) is 13.8. The standard InChI is InChI=1S/C17H29NO4/c1-18(2)8-9-19-10-11-20-12-13-21-14-15-22-16-17-6-4-3-5-7-17/h3-7H,8-16H2,1-2H3. The Bertz CT molecular complexity index is 346. The summed E-state index contributed by atoms with van der Waals surface area (Å²) in [6.45, 7) is 5.93. The van der Waals surface area contributed by atoms with Crippen LogP contribution in [0.15, 0.2) is 30.3 Å².